The molecule has 2 rings (SSSR count). The molecular formula is C18H30N2. The summed E-state index contributed by atoms with van der Waals surface area (Å²) in [6, 6.07) is 11.4. The lowest BCUT2D eigenvalue weighted by molar-refractivity contribution is 0.181. The number of nitrogens with one attached hydrogen (secondary N) is 1. The van der Waals surface area contributed by atoms with E-state index in [1.165, 1.54) is 50.9 Å². The number of likely N-dealkylation sites (tertiary alicyclic amines) is 1. The third kappa shape index (κ3) is 4.60. The number of hydrogen-bond acceptors (Lipinski definition) is 2. The molecule has 112 valence electrons. The normalized spacial score (nSPS) is 19.7. The van der Waals surface area contributed by atoms with Crippen LogP contribution in [0.1, 0.15) is 51.1 Å². The van der Waals surface area contributed by atoms with Crippen LogP contribution in [0.25, 0.3) is 0 Å². The first-order chi connectivity index (χ1) is 9.81. The van der Waals surface area contributed by atoms with E-state index in [2.05, 4.69) is 54.4 Å². The van der Waals surface area contributed by atoms with Crippen molar-refractivity contribution in [1.82, 2.24) is 10.2 Å². The first-order valence-corrected chi connectivity index (χ1v) is 8.32. The Balaban J connectivity index is 1.97. The summed E-state index contributed by atoms with van der Waals surface area (Å²) in [5, 5.41) is 3.75. The maximum Gasteiger partial charge on any atom is 0.0358 e. The molecule has 2 unspecified atom stereocenters. The van der Waals surface area contributed by atoms with Gasteiger partial charge >= 0.3 is 0 Å². The van der Waals surface area contributed by atoms with Crippen molar-refractivity contribution in [2.75, 3.05) is 26.2 Å². The molecule has 1 aliphatic heterocycles. The van der Waals surface area contributed by atoms with Crippen molar-refractivity contribution in [1.29, 1.82) is 0 Å². The van der Waals surface area contributed by atoms with Gasteiger partial charge in [-0.15, -0.1) is 0 Å². The van der Waals surface area contributed by atoms with Gasteiger partial charge in [-0.1, -0.05) is 50.6 Å². The van der Waals surface area contributed by atoms with Gasteiger partial charge in [-0.3, -0.25) is 0 Å². The van der Waals surface area contributed by atoms with Gasteiger partial charge in [0.15, 0.2) is 0 Å². The standard InChI is InChI=1S/C18H30N2/c1-3-12-19-18(17-10-6-4-7-11-17)16(2)15-20-13-8-5-9-14-20/h4,6-7,10-11,16,18-19H,3,5,8-9,12-15H2,1-2H3. The summed E-state index contributed by atoms with van der Waals surface area (Å²) in [4.78, 5) is 2.65. The number of benzene rings is 1. The van der Waals surface area contributed by atoms with Gasteiger partial charge < -0.3 is 10.2 Å². The van der Waals surface area contributed by atoms with Gasteiger partial charge in [-0.05, 0) is 50.4 Å². The molecule has 2 nitrogen and oxygen atoms in total. The van der Waals surface area contributed by atoms with Gasteiger partial charge in [0.2, 0.25) is 0 Å². The lowest BCUT2D eigenvalue weighted by Gasteiger charge is -2.33. The molecule has 0 amide bonds. The minimum Gasteiger partial charge on any atom is -0.310 e. The Morgan fingerprint density at radius 3 is 2.45 bits per heavy atom. The van der Waals surface area contributed by atoms with Crippen LogP contribution < -0.4 is 5.32 Å². The highest BCUT2D eigenvalue weighted by Crippen LogP contribution is 2.24. The first kappa shape index (κ1) is 15.5. The molecule has 0 radical (unpaired) electrons. The van der Waals surface area contributed by atoms with Gasteiger partial charge in [-0.25, -0.2) is 0 Å². The summed E-state index contributed by atoms with van der Waals surface area (Å²) in [5.41, 5.74) is 1.44. The van der Waals surface area contributed by atoms with E-state index in [9.17, 15) is 0 Å². The number of piperidine rings is 1. The molecule has 0 spiro atoms. The smallest absolute Gasteiger partial charge is 0.0358 e. The topological polar surface area (TPSA) is 15.3 Å². The summed E-state index contributed by atoms with van der Waals surface area (Å²) in [7, 11) is 0. The summed E-state index contributed by atoms with van der Waals surface area (Å²) < 4.78 is 0. The van der Waals surface area contributed by atoms with E-state index in [1.54, 1.807) is 0 Å². The van der Waals surface area contributed by atoms with Crippen molar-refractivity contribution in [3.05, 3.63) is 35.9 Å². The van der Waals surface area contributed by atoms with Crippen LogP contribution in [-0.4, -0.2) is 31.1 Å². The molecule has 1 heterocycles. The predicted octanol–water partition coefficient (Wildman–Crippen LogP) is 3.85. The minimum atomic E-state index is 0.484. The van der Waals surface area contributed by atoms with Crippen LogP contribution in [-0.2, 0) is 0 Å². The van der Waals surface area contributed by atoms with E-state index in [1.807, 2.05) is 0 Å². The largest absolute Gasteiger partial charge is 0.310 e. The second kappa shape index (κ2) is 8.43. The van der Waals surface area contributed by atoms with Gasteiger partial charge in [0.1, 0.15) is 0 Å². The van der Waals surface area contributed by atoms with Crippen molar-refractivity contribution in [2.45, 2.75) is 45.6 Å². The Bertz CT molecular complexity index is 357. The average molecular weight is 274 g/mol. The molecule has 1 fully saturated rings. The third-order valence-corrected chi connectivity index (χ3v) is 4.34. The molecule has 20 heavy (non-hydrogen) atoms. The summed E-state index contributed by atoms with van der Waals surface area (Å²) in [6.07, 6.45) is 5.37. The Morgan fingerprint density at radius 2 is 1.80 bits per heavy atom. The van der Waals surface area contributed by atoms with Crippen LogP contribution in [0.4, 0.5) is 0 Å². The molecule has 1 saturated heterocycles. The molecular weight excluding hydrogens is 244 g/mol. The number of rotatable bonds is 7. The quantitative estimate of drug-likeness (QED) is 0.812. The third-order valence-electron chi connectivity index (χ3n) is 4.34. The molecule has 0 aliphatic carbocycles. The second-order valence-electron chi connectivity index (χ2n) is 6.18. The van der Waals surface area contributed by atoms with Crippen molar-refractivity contribution < 1.29 is 0 Å². The summed E-state index contributed by atoms with van der Waals surface area (Å²) in [5.74, 6) is 0.655. The van der Waals surface area contributed by atoms with Crippen molar-refractivity contribution in [3.8, 4) is 0 Å². The predicted molar refractivity (Wildman–Crippen MR) is 86.9 cm³/mol. The van der Waals surface area contributed by atoms with Crippen molar-refractivity contribution in [3.63, 3.8) is 0 Å². The van der Waals surface area contributed by atoms with Crippen LogP contribution >= 0.6 is 0 Å². The molecule has 0 aromatic heterocycles. The highest BCUT2D eigenvalue weighted by molar-refractivity contribution is 5.19. The monoisotopic (exact) mass is 274 g/mol. The van der Waals surface area contributed by atoms with E-state index in [4.69, 9.17) is 0 Å². The maximum atomic E-state index is 3.75. The highest BCUT2D eigenvalue weighted by atomic mass is 15.1. The fraction of sp³-hybridized carbons (Fsp3) is 0.667. The molecule has 2 atom stereocenters. The molecule has 0 saturated carbocycles. The van der Waals surface area contributed by atoms with Crippen molar-refractivity contribution >= 4 is 0 Å². The molecule has 2 heteroatoms. The Kier molecular flexibility index (Phi) is 6.55. The van der Waals surface area contributed by atoms with Gasteiger partial charge in [0, 0.05) is 12.6 Å². The number of hydrogen-bond donors (Lipinski definition) is 1. The number of nitrogens with zero attached hydrogens (tertiary/aromatic N) is 1. The zero-order valence-corrected chi connectivity index (χ0v) is 13.1. The van der Waals surface area contributed by atoms with E-state index in [0.717, 1.165) is 6.54 Å². The zero-order valence-electron chi connectivity index (χ0n) is 13.1. The van der Waals surface area contributed by atoms with Crippen LogP contribution in [0.2, 0.25) is 0 Å². The molecule has 1 N–H and O–H groups in total. The zero-order chi connectivity index (χ0) is 14.2. The van der Waals surface area contributed by atoms with Crippen molar-refractivity contribution in [2.24, 2.45) is 5.92 Å². The SMILES string of the molecule is CCCNC(c1ccccc1)C(C)CN1CCCCC1. The maximum absolute atomic E-state index is 3.75. The molecule has 1 aromatic carbocycles. The fourth-order valence-electron chi connectivity index (χ4n) is 3.26. The molecule has 0 bridgehead atoms. The summed E-state index contributed by atoms with van der Waals surface area (Å²) >= 11 is 0. The Hall–Kier alpha value is -0.860. The Morgan fingerprint density at radius 1 is 1.10 bits per heavy atom. The highest BCUT2D eigenvalue weighted by Gasteiger charge is 2.21. The van der Waals surface area contributed by atoms with Gasteiger partial charge in [-0.2, -0.15) is 0 Å². The lowest BCUT2D eigenvalue weighted by Crippen LogP contribution is -2.38. The van der Waals surface area contributed by atoms with Crippen LogP contribution in [0.15, 0.2) is 30.3 Å². The first-order valence-electron chi connectivity index (χ1n) is 8.32. The average Bonchev–Trinajstić information content (AvgIpc) is 2.50. The van der Waals surface area contributed by atoms with E-state index in [-0.39, 0.29) is 0 Å². The Labute approximate surface area is 124 Å². The van der Waals surface area contributed by atoms with Crippen LogP contribution in [0.3, 0.4) is 0 Å². The fourth-order valence-corrected chi connectivity index (χ4v) is 3.26. The van der Waals surface area contributed by atoms with Crippen LogP contribution in [0, 0.1) is 5.92 Å². The van der Waals surface area contributed by atoms with E-state index in [0.29, 0.717) is 12.0 Å². The van der Waals surface area contributed by atoms with Gasteiger partial charge in [0.25, 0.3) is 0 Å². The second-order valence-corrected chi connectivity index (χ2v) is 6.18. The molecule has 1 aliphatic rings. The lowest BCUT2D eigenvalue weighted by atomic mass is 9.93. The van der Waals surface area contributed by atoms with E-state index >= 15 is 0 Å². The van der Waals surface area contributed by atoms with Crippen LogP contribution in [0.5, 0.6) is 0 Å². The van der Waals surface area contributed by atoms with E-state index < -0.39 is 0 Å². The molecule has 1 aromatic rings. The van der Waals surface area contributed by atoms with Gasteiger partial charge in [0.05, 0.1) is 0 Å². The minimum absolute atomic E-state index is 0.484. The summed E-state index contributed by atoms with van der Waals surface area (Å²) in [6.45, 7) is 9.54.